The van der Waals surface area contributed by atoms with Gasteiger partial charge in [0.25, 0.3) is 0 Å². The monoisotopic (exact) mass is 259 g/mol. The van der Waals surface area contributed by atoms with E-state index in [9.17, 15) is 4.79 Å². The molecule has 0 aromatic carbocycles. The third-order valence-electron chi connectivity index (χ3n) is 3.10. The second kappa shape index (κ2) is 5.60. The molecule has 0 saturated carbocycles. The summed E-state index contributed by atoms with van der Waals surface area (Å²) in [5.74, 6) is 0.343. The Bertz CT molecular complexity index is 615. The van der Waals surface area contributed by atoms with E-state index in [-0.39, 0.29) is 5.69 Å². The minimum absolute atomic E-state index is 0.293. The Morgan fingerprint density at radius 3 is 2.74 bits per heavy atom. The van der Waals surface area contributed by atoms with Gasteiger partial charge in [0.15, 0.2) is 0 Å². The van der Waals surface area contributed by atoms with Gasteiger partial charge in [0.1, 0.15) is 6.33 Å². The van der Waals surface area contributed by atoms with Gasteiger partial charge < -0.3 is 5.32 Å². The number of nitrogens with zero attached hydrogens (tertiary/aromatic N) is 4. The Morgan fingerprint density at radius 1 is 1.32 bits per heavy atom. The number of aromatic nitrogens is 4. The van der Waals surface area contributed by atoms with Crippen LogP contribution >= 0.6 is 0 Å². The molecule has 0 atom stereocenters. The van der Waals surface area contributed by atoms with Gasteiger partial charge in [0, 0.05) is 25.5 Å². The summed E-state index contributed by atoms with van der Waals surface area (Å²) in [6, 6.07) is 1.98. The van der Waals surface area contributed by atoms with E-state index >= 15 is 0 Å². The van der Waals surface area contributed by atoms with Gasteiger partial charge in [0.2, 0.25) is 5.95 Å². The zero-order chi connectivity index (χ0) is 13.8. The zero-order valence-electron chi connectivity index (χ0n) is 11.3. The van der Waals surface area contributed by atoms with Crippen molar-refractivity contribution in [2.24, 2.45) is 0 Å². The second-order valence-electron chi connectivity index (χ2n) is 4.35. The van der Waals surface area contributed by atoms with Crippen LogP contribution in [0.25, 0.3) is 0 Å². The first-order valence-corrected chi connectivity index (χ1v) is 6.14. The van der Waals surface area contributed by atoms with Crippen LogP contribution in [0.5, 0.6) is 0 Å². The number of pyridine rings is 1. The van der Waals surface area contributed by atoms with Crippen LogP contribution in [0.1, 0.15) is 16.8 Å². The van der Waals surface area contributed by atoms with Gasteiger partial charge in [-0.25, -0.2) is 9.78 Å². The molecule has 6 nitrogen and oxygen atoms in total. The molecule has 0 fully saturated rings. The fraction of sp³-hybridized carbons (Fsp3) is 0.385. The summed E-state index contributed by atoms with van der Waals surface area (Å²) >= 11 is 0. The predicted molar refractivity (Wildman–Crippen MR) is 73.3 cm³/mol. The SMILES string of the molecule is CNc1ncn(CCc2c(C)ccnc2C)c(=O)n1. The van der Waals surface area contributed by atoms with Crippen LogP contribution in [0, 0.1) is 13.8 Å². The highest BCUT2D eigenvalue weighted by molar-refractivity contribution is 5.28. The lowest BCUT2D eigenvalue weighted by molar-refractivity contribution is 0.629. The van der Waals surface area contributed by atoms with Gasteiger partial charge >= 0.3 is 5.69 Å². The minimum atomic E-state index is -0.293. The maximum atomic E-state index is 11.7. The highest BCUT2D eigenvalue weighted by Gasteiger charge is 2.05. The summed E-state index contributed by atoms with van der Waals surface area (Å²) in [5, 5.41) is 2.74. The molecular weight excluding hydrogens is 242 g/mol. The van der Waals surface area contributed by atoms with Crippen LogP contribution in [-0.2, 0) is 13.0 Å². The molecule has 19 heavy (non-hydrogen) atoms. The van der Waals surface area contributed by atoms with Gasteiger partial charge in [-0.2, -0.15) is 4.98 Å². The number of anilines is 1. The van der Waals surface area contributed by atoms with E-state index in [4.69, 9.17) is 0 Å². The van der Waals surface area contributed by atoms with Crippen LogP contribution in [0.2, 0.25) is 0 Å². The molecule has 0 aliphatic heterocycles. The maximum Gasteiger partial charge on any atom is 0.352 e. The zero-order valence-corrected chi connectivity index (χ0v) is 11.3. The van der Waals surface area contributed by atoms with Crippen molar-refractivity contribution in [3.8, 4) is 0 Å². The Labute approximate surface area is 111 Å². The van der Waals surface area contributed by atoms with Crippen LogP contribution < -0.4 is 11.0 Å². The molecule has 0 saturated heterocycles. The average Bonchev–Trinajstić information content (AvgIpc) is 2.39. The highest BCUT2D eigenvalue weighted by Crippen LogP contribution is 2.11. The molecule has 0 aliphatic carbocycles. The summed E-state index contributed by atoms with van der Waals surface area (Å²) < 4.78 is 1.51. The molecule has 0 amide bonds. The molecule has 2 aromatic rings. The number of rotatable bonds is 4. The van der Waals surface area contributed by atoms with E-state index in [0.29, 0.717) is 12.5 Å². The number of nitrogens with one attached hydrogen (secondary N) is 1. The van der Waals surface area contributed by atoms with Gasteiger partial charge in [0.05, 0.1) is 0 Å². The normalized spacial score (nSPS) is 10.5. The van der Waals surface area contributed by atoms with Crippen LogP contribution in [-0.4, -0.2) is 26.6 Å². The predicted octanol–water partition coefficient (Wildman–Crippen LogP) is 0.935. The summed E-state index contributed by atoms with van der Waals surface area (Å²) in [6.45, 7) is 4.58. The minimum Gasteiger partial charge on any atom is -0.357 e. The largest absolute Gasteiger partial charge is 0.357 e. The molecule has 2 aromatic heterocycles. The van der Waals surface area contributed by atoms with Crippen molar-refractivity contribution in [2.75, 3.05) is 12.4 Å². The quantitative estimate of drug-likeness (QED) is 0.884. The third-order valence-corrected chi connectivity index (χ3v) is 3.10. The van der Waals surface area contributed by atoms with Crippen molar-refractivity contribution in [1.82, 2.24) is 19.5 Å². The smallest absolute Gasteiger partial charge is 0.352 e. The van der Waals surface area contributed by atoms with E-state index in [0.717, 1.165) is 12.1 Å². The van der Waals surface area contributed by atoms with Crippen molar-refractivity contribution >= 4 is 5.95 Å². The average molecular weight is 259 g/mol. The van der Waals surface area contributed by atoms with Crippen LogP contribution in [0.15, 0.2) is 23.4 Å². The van der Waals surface area contributed by atoms with E-state index in [1.54, 1.807) is 13.2 Å². The van der Waals surface area contributed by atoms with Gasteiger partial charge in [-0.1, -0.05) is 0 Å². The lowest BCUT2D eigenvalue weighted by atomic mass is 10.1. The van der Waals surface area contributed by atoms with Crippen LogP contribution in [0.3, 0.4) is 0 Å². The highest BCUT2D eigenvalue weighted by atomic mass is 16.1. The van der Waals surface area contributed by atoms with E-state index in [1.165, 1.54) is 22.0 Å². The molecule has 6 heteroatoms. The van der Waals surface area contributed by atoms with Crippen molar-refractivity contribution < 1.29 is 0 Å². The summed E-state index contributed by atoms with van der Waals surface area (Å²) in [7, 11) is 1.68. The molecule has 2 heterocycles. The van der Waals surface area contributed by atoms with Gasteiger partial charge in [-0.3, -0.25) is 9.55 Å². The topological polar surface area (TPSA) is 72.7 Å². The number of hydrogen-bond donors (Lipinski definition) is 1. The van der Waals surface area contributed by atoms with E-state index in [1.807, 2.05) is 19.9 Å². The molecule has 0 aliphatic rings. The summed E-state index contributed by atoms with van der Waals surface area (Å²) in [6.07, 6.45) is 4.06. The van der Waals surface area contributed by atoms with Crippen molar-refractivity contribution in [3.05, 3.63) is 45.9 Å². The third kappa shape index (κ3) is 2.96. The Kier molecular flexibility index (Phi) is 3.89. The van der Waals surface area contributed by atoms with Gasteiger partial charge in [-0.15, -0.1) is 0 Å². The lowest BCUT2D eigenvalue weighted by Gasteiger charge is -2.09. The Morgan fingerprint density at radius 2 is 2.11 bits per heavy atom. The molecule has 100 valence electrons. The molecule has 0 radical (unpaired) electrons. The first kappa shape index (κ1) is 13.2. The molecule has 0 unspecified atom stereocenters. The fourth-order valence-corrected chi connectivity index (χ4v) is 1.97. The Balaban J connectivity index is 2.17. The standard InChI is InChI=1S/C13H17N5O/c1-9-4-6-15-10(2)11(9)5-7-18-8-16-12(14-3)17-13(18)19/h4,6,8H,5,7H2,1-3H3,(H,14,17,19). The molecule has 1 N–H and O–H groups in total. The second-order valence-corrected chi connectivity index (χ2v) is 4.35. The lowest BCUT2D eigenvalue weighted by Crippen LogP contribution is -2.25. The van der Waals surface area contributed by atoms with E-state index in [2.05, 4.69) is 20.3 Å². The molecule has 0 spiro atoms. The first-order chi connectivity index (χ1) is 9.11. The summed E-state index contributed by atoms with van der Waals surface area (Å²) in [5.41, 5.74) is 3.07. The Hall–Kier alpha value is -2.24. The molecule has 2 rings (SSSR count). The molecule has 0 bridgehead atoms. The first-order valence-electron chi connectivity index (χ1n) is 6.14. The summed E-state index contributed by atoms with van der Waals surface area (Å²) in [4.78, 5) is 23.9. The van der Waals surface area contributed by atoms with Crippen molar-refractivity contribution in [1.29, 1.82) is 0 Å². The maximum absolute atomic E-state index is 11.7. The number of hydrogen-bond acceptors (Lipinski definition) is 5. The molecular formula is C13H17N5O. The van der Waals surface area contributed by atoms with Crippen LogP contribution in [0.4, 0.5) is 5.95 Å². The van der Waals surface area contributed by atoms with Crippen molar-refractivity contribution in [2.45, 2.75) is 26.8 Å². The van der Waals surface area contributed by atoms with E-state index < -0.39 is 0 Å². The van der Waals surface area contributed by atoms with Crippen molar-refractivity contribution in [3.63, 3.8) is 0 Å². The number of aryl methyl sites for hydroxylation is 3. The fourth-order valence-electron chi connectivity index (χ4n) is 1.97. The van der Waals surface area contributed by atoms with Gasteiger partial charge in [-0.05, 0) is 37.5 Å².